The maximum absolute atomic E-state index is 13.0. The maximum Gasteiger partial charge on any atom is 0.235 e. The van der Waals surface area contributed by atoms with E-state index < -0.39 is 0 Å². The molecule has 1 saturated heterocycles. The van der Waals surface area contributed by atoms with Gasteiger partial charge in [0.15, 0.2) is 11.0 Å². The number of piperidine rings is 1. The van der Waals surface area contributed by atoms with E-state index >= 15 is 0 Å². The molecular weight excluding hydrogens is 384 g/mol. The number of benzene rings is 1. The van der Waals surface area contributed by atoms with Gasteiger partial charge in [-0.2, -0.15) is 0 Å². The first-order valence-electron chi connectivity index (χ1n) is 10.1. The predicted octanol–water partition coefficient (Wildman–Crippen LogP) is 4.12. The Morgan fingerprint density at radius 3 is 2.66 bits per heavy atom. The minimum Gasteiger partial charge on any atom is -0.496 e. The van der Waals surface area contributed by atoms with Crippen molar-refractivity contribution in [2.75, 3.05) is 20.2 Å². The summed E-state index contributed by atoms with van der Waals surface area (Å²) < 4.78 is 7.47. The van der Waals surface area contributed by atoms with Gasteiger partial charge in [0.05, 0.1) is 17.9 Å². The predicted molar refractivity (Wildman–Crippen MR) is 117 cm³/mol. The Morgan fingerprint density at radius 1 is 1.31 bits per heavy atom. The van der Waals surface area contributed by atoms with E-state index in [1.807, 2.05) is 46.7 Å². The van der Waals surface area contributed by atoms with Crippen molar-refractivity contribution in [3.8, 4) is 17.1 Å². The highest BCUT2D eigenvalue weighted by Crippen LogP contribution is 2.33. The normalized spacial score (nSPS) is 20.3. The van der Waals surface area contributed by atoms with Gasteiger partial charge in [-0.3, -0.25) is 9.36 Å². The molecule has 3 rings (SSSR count). The fraction of sp³-hybridized carbons (Fsp3) is 0.500. The van der Waals surface area contributed by atoms with Crippen LogP contribution in [0.4, 0.5) is 0 Å². The first-order chi connectivity index (χ1) is 13.9. The van der Waals surface area contributed by atoms with Gasteiger partial charge in [-0.25, -0.2) is 0 Å². The summed E-state index contributed by atoms with van der Waals surface area (Å²) in [6.45, 7) is 12.5. The fourth-order valence-corrected chi connectivity index (χ4v) is 4.95. The number of allylic oxidation sites excluding steroid dienone is 1. The topological polar surface area (TPSA) is 60.2 Å². The number of ether oxygens (including phenoxy) is 1. The average Bonchev–Trinajstić information content (AvgIpc) is 3.09. The van der Waals surface area contributed by atoms with Gasteiger partial charge in [-0.15, -0.1) is 16.8 Å². The smallest absolute Gasteiger partial charge is 0.235 e. The van der Waals surface area contributed by atoms with Crippen LogP contribution in [0.5, 0.6) is 5.75 Å². The molecule has 7 heteroatoms. The van der Waals surface area contributed by atoms with Crippen LogP contribution in [0.2, 0.25) is 0 Å². The second kappa shape index (κ2) is 9.48. The number of nitrogens with zero attached hydrogens (tertiary/aromatic N) is 4. The molecule has 0 N–H and O–H groups in total. The van der Waals surface area contributed by atoms with Crippen LogP contribution in [0.3, 0.4) is 0 Å². The third-order valence-electron chi connectivity index (χ3n) is 5.19. The molecule has 0 bridgehead atoms. The number of methoxy groups -OCH3 is 1. The number of amides is 1. The lowest BCUT2D eigenvalue weighted by molar-refractivity contribution is -0.132. The number of para-hydroxylation sites is 1. The maximum atomic E-state index is 13.0. The number of hydrogen-bond acceptors (Lipinski definition) is 5. The molecule has 0 saturated carbocycles. The molecule has 156 valence electrons. The van der Waals surface area contributed by atoms with E-state index in [1.165, 1.54) is 18.2 Å². The highest BCUT2D eigenvalue weighted by molar-refractivity contribution is 8.00. The number of carbonyl (C=O) groups is 1. The second-order valence-corrected chi connectivity index (χ2v) is 9.16. The first kappa shape index (κ1) is 21.4. The quantitative estimate of drug-likeness (QED) is 0.504. The molecule has 0 aliphatic carbocycles. The molecule has 2 heterocycles. The lowest BCUT2D eigenvalue weighted by Crippen LogP contribution is -2.45. The van der Waals surface area contributed by atoms with E-state index in [1.54, 1.807) is 7.11 Å². The third-order valence-corrected chi connectivity index (χ3v) is 6.25. The van der Waals surface area contributed by atoms with Crippen molar-refractivity contribution in [2.24, 2.45) is 11.8 Å². The van der Waals surface area contributed by atoms with Crippen LogP contribution in [0.25, 0.3) is 11.4 Å². The monoisotopic (exact) mass is 414 g/mol. The van der Waals surface area contributed by atoms with Crippen LogP contribution in [0, 0.1) is 11.8 Å². The Hall–Kier alpha value is -2.28. The van der Waals surface area contributed by atoms with Gasteiger partial charge in [-0.05, 0) is 37.3 Å². The second-order valence-electron chi connectivity index (χ2n) is 7.86. The summed E-state index contributed by atoms with van der Waals surface area (Å²) in [7, 11) is 1.64. The van der Waals surface area contributed by atoms with Gasteiger partial charge in [0.25, 0.3) is 0 Å². The van der Waals surface area contributed by atoms with Crippen molar-refractivity contribution in [1.82, 2.24) is 19.7 Å². The number of hydrogen-bond donors (Lipinski definition) is 0. The third kappa shape index (κ3) is 4.83. The molecule has 3 unspecified atom stereocenters. The zero-order valence-corrected chi connectivity index (χ0v) is 18.5. The van der Waals surface area contributed by atoms with Gasteiger partial charge in [0, 0.05) is 19.6 Å². The van der Waals surface area contributed by atoms with Crippen molar-refractivity contribution in [3.05, 3.63) is 36.9 Å². The summed E-state index contributed by atoms with van der Waals surface area (Å²) in [6.07, 6.45) is 2.99. The van der Waals surface area contributed by atoms with E-state index in [4.69, 9.17) is 4.74 Å². The Labute approximate surface area is 177 Å². The van der Waals surface area contributed by atoms with Crippen LogP contribution >= 0.6 is 11.8 Å². The number of carbonyl (C=O) groups excluding carboxylic acids is 1. The summed E-state index contributed by atoms with van der Waals surface area (Å²) in [5, 5.41) is 9.27. The zero-order valence-electron chi connectivity index (χ0n) is 17.7. The van der Waals surface area contributed by atoms with Crippen molar-refractivity contribution in [3.63, 3.8) is 0 Å². The Kier molecular flexibility index (Phi) is 7.00. The van der Waals surface area contributed by atoms with Crippen molar-refractivity contribution < 1.29 is 9.53 Å². The van der Waals surface area contributed by atoms with Crippen molar-refractivity contribution in [2.45, 2.75) is 44.1 Å². The molecule has 1 aliphatic heterocycles. The summed E-state index contributed by atoms with van der Waals surface area (Å²) in [4.78, 5) is 15.1. The summed E-state index contributed by atoms with van der Waals surface area (Å²) in [5.41, 5.74) is 0.869. The number of aromatic nitrogens is 3. The minimum absolute atomic E-state index is 0.167. The largest absolute Gasteiger partial charge is 0.496 e. The highest BCUT2D eigenvalue weighted by atomic mass is 32.2. The Balaban J connectivity index is 1.83. The molecule has 0 radical (unpaired) electrons. The van der Waals surface area contributed by atoms with Crippen LogP contribution in [0.1, 0.15) is 27.2 Å². The summed E-state index contributed by atoms with van der Waals surface area (Å²) in [6, 6.07) is 7.73. The minimum atomic E-state index is -0.231. The average molecular weight is 415 g/mol. The molecule has 1 aliphatic rings. The van der Waals surface area contributed by atoms with Crippen molar-refractivity contribution in [1.29, 1.82) is 0 Å². The lowest BCUT2D eigenvalue weighted by atomic mass is 9.92. The molecule has 3 atom stereocenters. The number of thioether (sulfide) groups is 1. The molecular formula is C22H30N4O2S. The highest BCUT2D eigenvalue weighted by Gasteiger charge is 2.30. The first-order valence-corrected chi connectivity index (χ1v) is 11.0. The van der Waals surface area contributed by atoms with Gasteiger partial charge in [0.2, 0.25) is 5.91 Å². The van der Waals surface area contributed by atoms with E-state index in [-0.39, 0.29) is 11.2 Å². The standard InChI is InChI=1S/C22H30N4O2S/c1-6-11-26-20(18-9-7-8-10-19(18)28-5)23-24-22(26)29-17(4)21(27)25-13-15(2)12-16(3)14-25/h6-10,15-17H,1,11-14H2,2-5H3. The van der Waals surface area contributed by atoms with E-state index in [2.05, 4.69) is 30.6 Å². The van der Waals surface area contributed by atoms with Crippen LogP contribution in [0.15, 0.2) is 42.1 Å². The Morgan fingerprint density at radius 2 is 2.00 bits per heavy atom. The molecule has 0 spiro atoms. The van der Waals surface area contributed by atoms with E-state index in [9.17, 15) is 4.79 Å². The van der Waals surface area contributed by atoms with Gasteiger partial charge in [0.1, 0.15) is 5.75 Å². The summed E-state index contributed by atoms with van der Waals surface area (Å²) in [5.74, 6) is 2.70. The molecule has 6 nitrogen and oxygen atoms in total. The zero-order chi connectivity index (χ0) is 21.0. The molecule has 29 heavy (non-hydrogen) atoms. The van der Waals surface area contributed by atoms with Crippen molar-refractivity contribution >= 4 is 17.7 Å². The SMILES string of the molecule is C=CCn1c(SC(C)C(=O)N2CC(C)CC(C)C2)nnc1-c1ccccc1OC. The number of rotatable bonds is 7. The van der Waals surface area contributed by atoms with E-state index in [0.29, 0.717) is 29.4 Å². The van der Waals surface area contributed by atoms with E-state index in [0.717, 1.165) is 24.4 Å². The van der Waals surface area contributed by atoms with Crippen LogP contribution in [-0.2, 0) is 11.3 Å². The molecule has 2 aromatic rings. The van der Waals surface area contributed by atoms with Gasteiger partial charge in [-0.1, -0.05) is 43.8 Å². The van der Waals surface area contributed by atoms with Gasteiger partial charge >= 0.3 is 0 Å². The fourth-order valence-electron chi connectivity index (χ4n) is 4.01. The molecule has 1 fully saturated rings. The molecule has 1 amide bonds. The summed E-state index contributed by atoms with van der Waals surface area (Å²) >= 11 is 1.45. The van der Waals surface area contributed by atoms with Gasteiger partial charge < -0.3 is 9.64 Å². The molecule has 1 aromatic heterocycles. The Bertz CT molecular complexity index is 856. The lowest BCUT2D eigenvalue weighted by Gasteiger charge is -2.36. The number of likely N-dealkylation sites (tertiary alicyclic amines) is 1. The van der Waals surface area contributed by atoms with Crippen LogP contribution in [-0.4, -0.2) is 51.0 Å². The molecule has 1 aromatic carbocycles. The van der Waals surface area contributed by atoms with Crippen LogP contribution < -0.4 is 4.74 Å².